The van der Waals surface area contributed by atoms with Gasteiger partial charge in [-0.1, -0.05) is 39.7 Å². The van der Waals surface area contributed by atoms with Crippen molar-refractivity contribution >= 4 is 68.4 Å². The highest BCUT2D eigenvalue weighted by atomic mass is 79.9. The zero-order valence-electron chi connectivity index (χ0n) is 12.1. The monoisotopic (exact) mass is 420 g/mol. The van der Waals surface area contributed by atoms with Gasteiger partial charge in [-0.2, -0.15) is 0 Å². The van der Waals surface area contributed by atoms with Crippen molar-refractivity contribution in [1.29, 1.82) is 0 Å². The molecule has 0 atom stereocenters. The number of benzene rings is 2. The number of carbonyl (C=O) groups is 2. The first-order valence-corrected chi connectivity index (χ1v) is 8.46. The van der Waals surface area contributed by atoms with Gasteiger partial charge in [0.25, 0.3) is 11.8 Å². The van der Waals surface area contributed by atoms with Gasteiger partial charge < -0.3 is 0 Å². The highest BCUT2D eigenvalue weighted by Gasteiger charge is 2.34. The summed E-state index contributed by atoms with van der Waals surface area (Å²) >= 11 is 14.3. The first-order chi connectivity index (χ1) is 11.5. The smallest absolute Gasteiger partial charge is 0.270 e. The summed E-state index contributed by atoms with van der Waals surface area (Å²) in [4.78, 5) is 26.2. The molecule has 0 spiro atoms. The van der Waals surface area contributed by atoms with E-state index in [1.54, 1.807) is 48.5 Å². The molecular weight excluding hydrogens is 412 g/mol. The SMILES string of the molecule is O=C1NC(=S)N(c2ccc(Br)cc2)C(=O)/C1=C/c1ccc(Cl)cc1. The lowest BCUT2D eigenvalue weighted by Crippen LogP contribution is -2.54. The van der Waals surface area contributed by atoms with Gasteiger partial charge in [0.05, 0.1) is 5.69 Å². The number of halogens is 2. The maximum atomic E-state index is 12.8. The Hall–Kier alpha value is -2.02. The number of nitrogens with zero attached hydrogens (tertiary/aromatic N) is 1. The molecule has 120 valence electrons. The number of nitrogens with one attached hydrogen (secondary N) is 1. The van der Waals surface area contributed by atoms with Gasteiger partial charge in [0.1, 0.15) is 5.57 Å². The fourth-order valence-corrected chi connectivity index (χ4v) is 2.88. The van der Waals surface area contributed by atoms with Crippen LogP contribution in [0.2, 0.25) is 5.02 Å². The van der Waals surface area contributed by atoms with Crippen LogP contribution in [0.5, 0.6) is 0 Å². The fraction of sp³-hybridized carbons (Fsp3) is 0. The maximum absolute atomic E-state index is 12.8. The fourth-order valence-electron chi connectivity index (χ4n) is 2.21. The van der Waals surface area contributed by atoms with Crippen LogP contribution in [0.1, 0.15) is 5.56 Å². The minimum absolute atomic E-state index is 0.00819. The molecule has 0 aliphatic carbocycles. The van der Waals surface area contributed by atoms with E-state index >= 15 is 0 Å². The molecule has 2 aromatic rings. The Morgan fingerprint density at radius 3 is 2.29 bits per heavy atom. The highest BCUT2D eigenvalue weighted by molar-refractivity contribution is 9.10. The summed E-state index contributed by atoms with van der Waals surface area (Å²) in [5.74, 6) is -0.991. The minimum Gasteiger partial charge on any atom is -0.298 e. The summed E-state index contributed by atoms with van der Waals surface area (Å²) in [6.07, 6.45) is 1.52. The van der Waals surface area contributed by atoms with Crippen molar-refractivity contribution < 1.29 is 9.59 Å². The van der Waals surface area contributed by atoms with E-state index in [0.29, 0.717) is 16.3 Å². The molecule has 2 aromatic carbocycles. The third kappa shape index (κ3) is 3.40. The van der Waals surface area contributed by atoms with Gasteiger partial charge in [-0.15, -0.1) is 0 Å². The maximum Gasteiger partial charge on any atom is 0.270 e. The lowest BCUT2D eigenvalue weighted by molar-refractivity contribution is -0.122. The summed E-state index contributed by atoms with van der Waals surface area (Å²) in [6.45, 7) is 0. The molecule has 7 heteroatoms. The molecule has 1 heterocycles. The van der Waals surface area contributed by atoms with E-state index < -0.39 is 11.8 Å². The summed E-state index contributed by atoms with van der Waals surface area (Å²) in [7, 11) is 0. The van der Waals surface area contributed by atoms with Crippen molar-refractivity contribution in [2.45, 2.75) is 0 Å². The predicted octanol–water partition coefficient (Wildman–Crippen LogP) is 3.93. The lowest BCUT2D eigenvalue weighted by atomic mass is 10.1. The second kappa shape index (κ2) is 6.84. The van der Waals surface area contributed by atoms with Crippen LogP contribution in [0.4, 0.5) is 5.69 Å². The van der Waals surface area contributed by atoms with Gasteiger partial charge in [-0.05, 0) is 60.3 Å². The normalized spacial score (nSPS) is 16.5. The molecule has 1 aliphatic heterocycles. The Morgan fingerprint density at radius 1 is 1.04 bits per heavy atom. The van der Waals surface area contributed by atoms with Crippen LogP contribution in [0.15, 0.2) is 58.6 Å². The van der Waals surface area contributed by atoms with Gasteiger partial charge in [0, 0.05) is 9.50 Å². The second-order valence-electron chi connectivity index (χ2n) is 4.99. The summed E-state index contributed by atoms with van der Waals surface area (Å²) in [6, 6.07) is 13.9. The quantitative estimate of drug-likeness (QED) is 0.454. The molecule has 2 amide bonds. The standard InChI is InChI=1S/C17H10BrClN2O2S/c18-11-3-7-13(8-4-11)21-16(23)14(15(22)20-17(21)24)9-10-1-5-12(19)6-2-10/h1-9H,(H,20,22,24)/b14-9+. The number of hydrogen-bond acceptors (Lipinski definition) is 3. The van der Waals surface area contributed by atoms with Crippen molar-refractivity contribution in [2.75, 3.05) is 4.90 Å². The zero-order valence-corrected chi connectivity index (χ0v) is 15.3. The number of thiocarbonyl (C=S) groups is 1. The summed E-state index contributed by atoms with van der Waals surface area (Å²) < 4.78 is 0.877. The number of anilines is 1. The van der Waals surface area contributed by atoms with Crippen LogP contribution in [0, 0.1) is 0 Å². The van der Waals surface area contributed by atoms with Gasteiger partial charge in [0.2, 0.25) is 0 Å². The van der Waals surface area contributed by atoms with E-state index in [9.17, 15) is 9.59 Å². The molecule has 1 N–H and O–H groups in total. The van der Waals surface area contributed by atoms with Crippen molar-refractivity contribution in [3.8, 4) is 0 Å². The largest absolute Gasteiger partial charge is 0.298 e. The zero-order chi connectivity index (χ0) is 17.3. The topological polar surface area (TPSA) is 49.4 Å². The van der Waals surface area contributed by atoms with E-state index in [0.717, 1.165) is 4.47 Å². The van der Waals surface area contributed by atoms with Crippen molar-refractivity contribution in [1.82, 2.24) is 5.32 Å². The van der Waals surface area contributed by atoms with Crippen LogP contribution in [-0.2, 0) is 9.59 Å². The highest BCUT2D eigenvalue weighted by Crippen LogP contribution is 2.24. The van der Waals surface area contributed by atoms with Gasteiger partial charge in [-0.3, -0.25) is 19.8 Å². The van der Waals surface area contributed by atoms with E-state index in [-0.39, 0.29) is 10.7 Å². The number of amides is 2. The van der Waals surface area contributed by atoms with Crippen LogP contribution < -0.4 is 10.2 Å². The Morgan fingerprint density at radius 2 is 1.67 bits per heavy atom. The van der Waals surface area contributed by atoms with E-state index in [1.165, 1.54) is 11.0 Å². The molecule has 1 fully saturated rings. The minimum atomic E-state index is -0.520. The van der Waals surface area contributed by atoms with Crippen LogP contribution in [0.3, 0.4) is 0 Å². The molecule has 0 unspecified atom stereocenters. The molecule has 0 saturated carbocycles. The predicted molar refractivity (Wildman–Crippen MR) is 102 cm³/mol. The van der Waals surface area contributed by atoms with Crippen molar-refractivity contribution in [3.63, 3.8) is 0 Å². The first-order valence-electron chi connectivity index (χ1n) is 6.88. The van der Waals surface area contributed by atoms with Crippen LogP contribution in [0.25, 0.3) is 6.08 Å². The second-order valence-corrected chi connectivity index (χ2v) is 6.72. The van der Waals surface area contributed by atoms with Crippen LogP contribution >= 0.6 is 39.7 Å². The third-order valence-corrected chi connectivity index (χ3v) is 4.43. The molecule has 0 bridgehead atoms. The molecule has 4 nitrogen and oxygen atoms in total. The Labute approximate surface area is 157 Å². The molecule has 1 saturated heterocycles. The Balaban J connectivity index is 1.99. The summed E-state index contributed by atoms with van der Waals surface area (Å²) in [5, 5.41) is 3.18. The number of carbonyl (C=O) groups excluding carboxylic acids is 2. The van der Waals surface area contributed by atoms with E-state index in [4.69, 9.17) is 23.8 Å². The summed E-state index contributed by atoms with van der Waals surface area (Å²) in [5.41, 5.74) is 1.28. The molecular formula is C17H10BrClN2O2S. The van der Waals surface area contributed by atoms with Gasteiger partial charge in [0.15, 0.2) is 5.11 Å². The number of hydrogen-bond donors (Lipinski definition) is 1. The molecule has 0 aromatic heterocycles. The Kier molecular flexibility index (Phi) is 4.80. The molecule has 3 rings (SSSR count). The van der Waals surface area contributed by atoms with E-state index in [2.05, 4.69) is 21.2 Å². The lowest BCUT2D eigenvalue weighted by Gasteiger charge is -2.28. The molecule has 1 aliphatic rings. The Bertz CT molecular complexity index is 863. The molecule has 0 radical (unpaired) electrons. The van der Waals surface area contributed by atoms with Gasteiger partial charge >= 0.3 is 0 Å². The van der Waals surface area contributed by atoms with Gasteiger partial charge in [-0.25, -0.2) is 0 Å². The molecule has 24 heavy (non-hydrogen) atoms. The average molecular weight is 422 g/mol. The van der Waals surface area contributed by atoms with Crippen LogP contribution in [-0.4, -0.2) is 16.9 Å². The number of rotatable bonds is 2. The van der Waals surface area contributed by atoms with Crippen molar-refractivity contribution in [2.24, 2.45) is 0 Å². The van der Waals surface area contributed by atoms with E-state index in [1.807, 2.05) is 0 Å². The third-order valence-electron chi connectivity index (χ3n) is 3.37. The average Bonchev–Trinajstić information content (AvgIpc) is 2.55. The first kappa shape index (κ1) is 16.8. The van der Waals surface area contributed by atoms with Crippen molar-refractivity contribution in [3.05, 3.63) is 69.2 Å².